The molecule has 0 radical (unpaired) electrons. The molecule has 1 heterocycles. The van der Waals surface area contributed by atoms with E-state index in [0.717, 1.165) is 29.8 Å². The first kappa shape index (κ1) is 18.4. The molecule has 1 aliphatic heterocycles. The van der Waals surface area contributed by atoms with Crippen LogP contribution in [0.3, 0.4) is 0 Å². The number of hydrogen-bond acceptors (Lipinski definition) is 5. The number of hydrogen-bond donors (Lipinski definition) is 0. The van der Waals surface area contributed by atoms with E-state index < -0.39 is 0 Å². The molecular weight excluding hydrogens is 328 g/mol. The van der Waals surface area contributed by atoms with Gasteiger partial charge in [-0.25, -0.2) is 4.79 Å². The fraction of sp³-hybridized carbons (Fsp3) is 0.476. The topological polar surface area (TPSA) is 59.0 Å². The molecule has 1 aromatic carbocycles. The van der Waals surface area contributed by atoms with Crippen molar-refractivity contribution in [2.24, 2.45) is 10.9 Å². The van der Waals surface area contributed by atoms with E-state index in [1.54, 1.807) is 6.92 Å². The van der Waals surface area contributed by atoms with Crippen LogP contribution >= 0.6 is 0 Å². The van der Waals surface area contributed by atoms with Crippen LogP contribution in [0.5, 0.6) is 0 Å². The molecule has 5 nitrogen and oxygen atoms in total. The van der Waals surface area contributed by atoms with E-state index in [1.807, 2.05) is 50.2 Å². The monoisotopic (exact) mass is 354 g/mol. The van der Waals surface area contributed by atoms with Crippen molar-refractivity contribution in [3.05, 3.63) is 41.1 Å². The zero-order valence-corrected chi connectivity index (χ0v) is 15.9. The maximum Gasteiger partial charge on any atom is 0.336 e. The molecule has 2 atom stereocenters. The summed E-state index contributed by atoms with van der Waals surface area (Å²) >= 11 is 0. The van der Waals surface area contributed by atoms with Crippen molar-refractivity contribution in [1.29, 1.82) is 0 Å². The number of carbonyl (C=O) groups excluding carboxylic acids is 2. The molecule has 3 rings (SSSR count). The van der Waals surface area contributed by atoms with Gasteiger partial charge in [-0.2, -0.15) is 0 Å². The number of aliphatic imine (C=N–C) groups is 1. The van der Waals surface area contributed by atoms with Crippen LogP contribution in [0.4, 0.5) is 5.69 Å². The fourth-order valence-electron chi connectivity index (χ4n) is 3.93. The van der Waals surface area contributed by atoms with E-state index in [2.05, 4.69) is 4.99 Å². The van der Waals surface area contributed by atoms with Crippen molar-refractivity contribution in [2.75, 3.05) is 25.6 Å². The first-order valence-corrected chi connectivity index (χ1v) is 9.19. The first-order chi connectivity index (χ1) is 12.4. The molecule has 0 aromatic heterocycles. The van der Waals surface area contributed by atoms with Crippen molar-refractivity contribution in [3.63, 3.8) is 0 Å². The SMILES string of the molecule is CCOC(=O)C1=C(C)N=C2CCCC(=O)C2C1c1ccc(N(C)C)cc1. The third-order valence-electron chi connectivity index (χ3n) is 5.17. The van der Waals surface area contributed by atoms with Gasteiger partial charge >= 0.3 is 5.97 Å². The van der Waals surface area contributed by atoms with Crippen LogP contribution in [-0.4, -0.2) is 38.2 Å². The zero-order chi connectivity index (χ0) is 18.8. The van der Waals surface area contributed by atoms with Crippen LogP contribution in [0.25, 0.3) is 0 Å². The quantitative estimate of drug-likeness (QED) is 0.777. The highest BCUT2D eigenvalue weighted by atomic mass is 16.5. The van der Waals surface area contributed by atoms with E-state index >= 15 is 0 Å². The van der Waals surface area contributed by atoms with Crippen LogP contribution in [0, 0.1) is 5.92 Å². The van der Waals surface area contributed by atoms with Crippen LogP contribution in [0.2, 0.25) is 0 Å². The number of esters is 1. The second-order valence-corrected chi connectivity index (χ2v) is 7.08. The van der Waals surface area contributed by atoms with Gasteiger partial charge in [0.05, 0.1) is 18.1 Å². The Morgan fingerprint density at radius 1 is 1.19 bits per heavy atom. The lowest BCUT2D eigenvalue weighted by Crippen LogP contribution is -2.39. The molecule has 1 aliphatic carbocycles. The zero-order valence-electron chi connectivity index (χ0n) is 15.9. The standard InChI is InChI=1S/C21H26N2O3/c1-5-26-21(25)18-13(2)22-16-7-6-8-17(24)20(16)19(18)14-9-11-15(12-10-14)23(3)4/h9-12,19-20H,5-8H2,1-4H3. The van der Waals surface area contributed by atoms with Gasteiger partial charge in [0.25, 0.3) is 0 Å². The molecule has 138 valence electrons. The Labute approximate surface area is 154 Å². The van der Waals surface area contributed by atoms with E-state index in [1.165, 1.54) is 0 Å². The molecule has 1 aromatic rings. The van der Waals surface area contributed by atoms with Crippen LogP contribution < -0.4 is 4.90 Å². The number of nitrogens with zero attached hydrogens (tertiary/aromatic N) is 2. The molecule has 26 heavy (non-hydrogen) atoms. The molecule has 0 spiro atoms. The molecule has 0 bridgehead atoms. The Kier molecular flexibility index (Phi) is 5.25. The van der Waals surface area contributed by atoms with Crippen molar-refractivity contribution in [2.45, 2.75) is 39.0 Å². The van der Waals surface area contributed by atoms with Gasteiger partial charge in [-0.1, -0.05) is 12.1 Å². The van der Waals surface area contributed by atoms with E-state index in [4.69, 9.17) is 4.74 Å². The third kappa shape index (κ3) is 3.30. The smallest absolute Gasteiger partial charge is 0.336 e. The molecule has 2 unspecified atom stereocenters. The van der Waals surface area contributed by atoms with Crippen LogP contribution in [-0.2, 0) is 14.3 Å². The van der Waals surface area contributed by atoms with E-state index in [0.29, 0.717) is 24.3 Å². The Hall–Kier alpha value is -2.43. The highest BCUT2D eigenvalue weighted by Gasteiger charge is 2.43. The van der Waals surface area contributed by atoms with Crippen molar-refractivity contribution in [3.8, 4) is 0 Å². The minimum atomic E-state index is -0.368. The van der Waals surface area contributed by atoms with Gasteiger partial charge in [0.1, 0.15) is 5.78 Å². The fourth-order valence-corrected chi connectivity index (χ4v) is 3.93. The lowest BCUT2D eigenvalue weighted by atomic mass is 9.69. The number of allylic oxidation sites excluding steroid dienone is 1. The van der Waals surface area contributed by atoms with Gasteiger partial charge in [0.15, 0.2) is 0 Å². The van der Waals surface area contributed by atoms with Gasteiger partial charge in [-0.15, -0.1) is 0 Å². The van der Waals surface area contributed by atoms with E-state index in [-0.39, 0.29) is 23.6 Å². The molecule has 1 saturated carbocycles. The van der Waals surface area contributed by atoms with Gasteiger partial charge < -0.3 is 9.64 Å². The summed E-state index contributed by atoms with van der Waals surface area (Å²) in [4.78, 5) is 32.1. The highest BCUT2D eigenvalue weighted by molar-refractivity contribution is 6.11. The number of Topliss-reactive ketones (excluding diaryl/α,β-unsaturated/α-hetero) is 1. The highest BCUT2D eigenvalue weighted by Crippen LogP contribution is 2.43. The Morgan fingerprint density at radius 3 is 2.50 bits per heavy atom. The minimum Gasteiger partial charge on any atom is -0.463 e. The molecule has 0 saturated heterocycles. The van der Waals surface area contributed by atoms with Gasteiger partial charge in [-0.3, -0.25) is 9.79 Å². The summed E-state index contributed by atoms with van der Waals surface area (Å²) in [6.07, 6.45) is 2.20. The number of rotatable bonds is 4. The number of ketones is 1. The molecule has 5 heteroatoms. The minimum absolute atomic E-state index is 0.172. The van der Waals surface area contributed by atoms with Gasteiger partial charge in [0, 0.05) is 43.5 Å². The van der Waals surface area contributed by atoms with Crippen molar-refractivity contribution in [1.82, 2.24) is 0 Å². The summed E-state index contributed by atoms with van der Waals surface area (Å²) in [5.74, 6) is -0.860. The normalized spacial score (nSPS) is 22.6. The molecule has 0 amide bonds. The predicted molar refractivity (Wildman–Crippen MR) is 103 cm³/mol. The van der Waals surface area contributed by atoms with Crippen molar-refractivity contribution < 1.29 is 14.3 Å². The summed E-state index contributed by atoms with van der Waals surface area (Å²) in [6, 6.07) is 8.06. The Bertz CT molecular complexity index is 775. The average molecular weight is 354 g/mol. The summed E-state index contributed by atoms with van der Waals surface area (Å²) in [6.45, 7) is 3.94. The number of ether oxygens (including phenoxy) is 1. The van der Waals surface area contributed by atoms with Crippen LogP contribution in [0.1, 0.15) is 44.6 Å². The molecule has 2 aliphatic rings. The number of benzene rings is 1. The lowest BCUT2D eigenvalue weighted by Gasteiger charge is -2.35. The lowest BCUT2D eigenvalue weighted by molar-refractivity contribution is -0.139. The van der Waals surface area contributed by atoms with E-state index in [9.17, 15) is 9.59 Å². The maximum atomic E-state index is 12.8. The van der Waals surface area contributed by atoms with Gasteiger partial charge in [0.2, 0.25) is 0 Å². The molecular formula is C21H26N2O3. The first-order valence-electron chi connectivity index (χ1n) is 9.19. The Morgan fingerprint density at radius 2 is 1.88 bits per heavy atom. The number of fused-ring (bicyclic) bond motifs is 1. The number of anilines is 1. The van der Waals surface area contributed by atoms with Crippen LogP contribution in [0.15, 0.2) is 40.5 Å². The molecule has 0 N–H and O–H groups in total. The predicted octanol–water partition coefficient (Wildman–Crippen LogP) is 3.50. The second-order valence-electron chi connectivity index (χ2n) is 7.08. The summed E-state index contributed by atoms with van der Waals surface area (Å²) in [5, 5.41) is 0. The third-order valence-corrected chi connectivity index (χ3v) is 5.17. The summed E-state index contributed by atoms with van der Waals surface area (Å²) < 4.78 is 5.29. The second kappa shape index (κ2) is 7.44. The maximum absolute atomic E-state index is 12.8. The van der Waals surface area contributed by atoms with Gasteiger partial charge in [-0.05, 0) is 44.4 Å². The summed E-state index contributed by atoms with van der Waals surface area (Å²) in [7, 11) is 3.97. The molecule has 1 fully saturated rings. The van der Waals surface area contributed by atoms with Crippen molar-refractivity contribution >= 4 is 23.2 Å². The number of carbonyl (C=O) groups is 2. The Balaban J connectivity index is 2.10. The summed E-state index contributed by atoms with van der Waals surface area (Å²) in [5.41, 5.74) is 4.14. The average Bonchev–Trinajstić information content (AvgIpc) is 2.61. The largest absolute Gasteiger partial charge is 0.463 e.